The van der Waals surface area contributed by atoms with Crippen molar-refractivity contribution in [3.8, 4) is 0 Å². The minimum Gasteiger partial charge on any atom is -0.451 e. The molecule has 2 aliphatic rings. The standard InChI is InChI=1S/C14H21N3O5/c1-3-15-11(19)9(2)22-10(18)8-17-12(20)14(16-13(17)21)6-4-5-7-14/h9H,3-8H2,1-2H3,(H,15,19)(H,16,21)/t9-/m1/s1. The summed E-state index contributed by atoms with van der Waals surface area (Å²) in [5.41, 5.74) is -0.845. The Labute approximate surface area is 128 Å². The highest BCUT2D eigenvalue weighted by Gasteiger charge is 2.52. The second-order valence-corrected chi connectivity index (χ2v) is 5.64. The summed E-state index contributed by atoms with van der Waals surface area (Å²) >= 11 is 0. The topological polar surface area (TPSA) is 105 Å². The monoisotopic (exact) mass is 311 g/mol. The van der Waals surface area contributed by atoms with Crippen LogP contribution in [0.3, 0.4) is 0 Å². The van der Waals surface area contributed by atoms with Gasteiger partial charge < -0.3 is 15.4 Å². The van der Waals surface area contributed by atoms with E-state index in [0.717, 1.165) is 17.7 Å². The van der Waals surface area contributed by atoms with Crippen molar-refractivity contribution >= 4 is 23.8 Å². The number of amides is 4. The number of urea groups is 1. The van der Waals surface area contributed by atoms with Crippen molar-refractivity contribution in [2.75, 3.05) is 13.1 Å². The number of likely N-dealkylation sites (N-methyl/N-ethyl adjacent to an activating group) is 1. The highest BCUT2D eigenvalue weighted by molar-refractivity contribution is 6.08. The Kier molecular flexibility index (Phi) is 4.68. The summed E-state index contributed by atoms with van der Waals surface area (Å²) in [6.07, 6.45) is 1.97. The van der Waals surface area contributed by atoms with E-state index in [2.05, 4.69) is 10.6 Å². The molecule has 2 N–H and O–H groups in total. The molecule has 1 spiro atoms. The molecule has 2 rings (SSSR count). The van der Waals surface area contributed by atoms with Crippen LogP contribution < -0.4 is 10.6 Å². The molecule has 1 atom stereocenters. The van der Waals surface area contributed by atoms with Gasteiger partial charge in [0.25, 0.3) is 11.8 Å². The molecule has 22 heavy (non-hydrogen) atoms. The maximum absolute atomic E-state index is 12.4. The highest BCUT2D eigenvalue weighted by atomic mass is 16.5. The molecule has 122 valence electrons. The van der Waals surface area contributed by atoms with Crippen molar-refractivity contribution in [2.24, 2.45) is 0 Å². The second-order valence-electron chi connectivity index (χ2n) is 5.64. The number of ether oxygens (including phenoxy) is 1. The lowest BCUT2D eigenvalue weighted by Crippen LogP contribution is -2.45. The average Bonchev–Trinajstić information content (AvgIpc) is 3.01. The van der Waals surface area contributed by atoms with Crippen LogP contribution in [0.15, 0.2) is 0 Å². The normalized spacial score (nSPS) is 20.9. The SMILES string of the molecule is CCNC(=O)[C@@H](C)OC(=O)CN1C(=O)NC2(CCCC2)C1=O. The Hall–Kier alpha value is -2.12. The molecule has 2 fully saturated rings. The zero-order valence-corrected chi connectivity index (χ0v) is 12.8. The minimum absolute atomic E-state index is 0.377. The van der Waals surface area contributed by atoms with E-state index in [1.54, 1.807) is 6.92 Å². The summed E-state index contributed by atoms with van der Waals surface area (Å²) < 4.78 is 4.95. The van der Waals surface area contributed by atoms with Crippen LogP contribution in [-0.2, 0) is 19.1 Å². The fraction of sp³-hybridized carbons (Fsp3) is 0.714. The van der Waals surface area contributed by atoms with Gasteiger partial charge in [-0.1, -0.05) is 12.8 Å². The fourth-order valence-electron chi connectivity index (χ4n) is 2.87. The number of esters is 1. The zero-order valence-electron chi connectivity index (χ0n) is 12.8. The fourth-order valence-corrected chi connectivity index (χ4v) is 2.87. The summed E-state index contributed by atoms with van der Waals surface area (Å²) in [6.45, 7) is 3.14. The van der Waals surface area contributed by atoms with Crippen molar-refractivity contribution in [2.45, 2.75) is 51.2 Å². The quantitative estimate of drug-likeness (QED) is 0.546. The molecule has 8 nitrogen and oxygen atoms in total. The third kappa shape index (κ3) is 3.05. The lowest BCUT2D eigenvalue weighted by Gasteiger charge is -2.20. The van der Waals surface area contributed by atoms with Crippen LogP contribution in [0, 0.1) is 0 Å². The van der Waals surface area contributed by atoms with Gasteiger partial charge in [-0.25, -0.2) is 4.79 Å². The molecule has 0 aromatic heterocycles. The molecule has 0 radical (unpaired) electrons. The molecule has 4 amide bonds. The Balaban J connectivity index is 1.93. The van der Waals surface area contributed by atoms with E-state index in [1.165, 1.54) is 6.92 Å². The number of nitrogens with zero attached hydrogens (tertiary/aromatic N) is 1. The van der Waals surface area contributed by atoms with Gasteiger partial charge in [0.15, 0.2) is 6.10 Å². The van der Waals surface area contributed by atoms with Crippen LogP contribution in [0.2, 0.25) is 0 Å². The molecule has 1 saturated carbocycles. The van der Waals surface area contributed by atoms with E-state index in [9.17, 15) is 19.2 Å². The van der Waals surface area contributed by atoms with E-state index >= 15 is 0 Å². The van der Waals surface area contributed by atoms with Gasteiger partial charge in [-0.15, -0.1) is 0 Å². The van der Waals surface area contributed by atoms with E-state index in [0.29, 0.717) is 19.4 Å². The van der Waals surface area contributed by atoms with Gasteiger partial charge >= 0.3 is 12.0 Å². The van der Waals surface area contributed by atoms with E-state index < -0.39 is 36.1 Å². The average molecular weight is 311 g/mol. The predicted octanol–water partition coefficient (Wildman–Crippen LogP) is -0.0812. The van der Waals surface area contributed by atoms with Crippen LogP contribution in [0.4, 0.5) is 4.79 Å². The number of hydrogen-bond acceptors (Lipinski definition) is 5. The van der Waals surface area contributed by atoms with Gasteiger partial charge in [0.05, 0.1) is 0 Å². The maximum atomic E-state index is 12.4. The Bertz CT molecular complexity index is 499. The third-order valence-corrected chi connectivity index (χ3v) is 4.02. The van der Waals surface area contributed by atoms with Gasteiger partial charge in [0, 0.05) is 6.54 Å². The molecule has 0 bridgehead atoms. The van der Waals surface area contributed by atoms with Gasteiger partial charge in [-0.2, -0.15) is 0 Å². The number of imide groups is 1. The molecule has 0 aromatic carbocycles. The van der Waals surface area contributed by atoms with Gasteiger partial charge in [0.2, 0.25) is 0 Å². The first-order chi connectivity index (χ1) is 10.4. The van der Waals surface area contributed by atoms with Crippen LogP contribution in [0.5, 0.6) is 0 Å². The van der Waals surface area contributed by atoms with Crippen molar-refractivity contribution in [1.82, 2.24) is 15.5 Å². The Morgan fingerprint density at radius 2 is 2.00 bits per heavy atom. The number of carbonyl (C=O) groups excluding carboxylic acids is 4. The van der Waals surface area contributed by atoms with Gasteiger partial charge in [0.1, 0.15) is 12.1 Å². The lowest BCUT2D eigenvalue weighted by molar-refractivity contribution is -0.156. The number of hydrogen-bond donors (Lipinski definition) is 2. The first kappa shape index (κ1) is 16.3. The zero-order chi connectivity index (χ0) is 16.3. The minimum atomic E-state index is -0.964. The number of rotatable bonds is 5. The molecule has 1 heterocycles. The third-order valence-electron chi connectivity index (χ3n) is 4.02. The first-order valence-corrected chi connectivity index (χ1v) is 7.51. The van der Waals surface area contributed by atoms with Crippen LogP contribution in [0.1, 0.15) is 39.5 Å². The summed E-state index contributed by atoms with van der Waals surface area (Å²) in [5.74, 6) is -1.57. The molecule has 1 saturated heterocycles. The van der Waals surface area contributed by atoms with Crippen molar-refractivity contribution in [3.63, 3.8) is 0 Å². The van der Waals surface area contributed by atoms with Crippen LogP contribution in [0.25, 0.3) is 0 Å². The smallest absolute Gasteiger partial charge is 0.327 e. The largest absolute Gasteiger partial charge is 0.451 e. The van der Waals surface area contributed by atoms with Crippen LogP contribution in [-0.4, -0.2) is 53.4 Å². The lowest BCUT2D eigenvalue weighted by atomic mass is 9.98. The molecular formula is C14H21N3O5. The van der Waals surface area contributed by atoms with Gasteiger partial charge in [-0.3, -0.25) is 19.3 Å². The molecule has 8 heteroatoms. The molecule has 0 unspecified atom stereocenters. The van der Waals surface area contributed by atoms with E-state index in [4.69, 9.17) is 4.74 Å². The van der Waals surface area contributed by atoms with Crippen molar-refractivity contribution in [1.29, 1.82) is 0 Å². The van der Waals surface area contributed by atoms with Crippen molar-refractivity contribution < 1.29 is 23.9 Å². The molecule has 0 aromatic rings. The molecule has 1 aliphatic carbocycles. The van der Waals surface area contributed by atoms with E-state index in [1.807, 2.05) is 0 Å². The molecule has 1 aliphatic heterocycles. The summed E-state index contributed by atoms with van der Waals surface area (Å²) in [4.78, 5) is 48.5. The highest BCUT2D eigenvalue weighted by Crippen LogP contribution is 2.34. The van der Waals surface area contributed by atoms with E-state index in [-0.39, 0.29) is 5.91 Å². The Morgan fingerprint density at radius 3 is 2.59 bits per heavy atom. The van der Waals surface area contributed by atoms with Crippen LogP contribution >= 0.6 is 0 Å². The Morgan fingerprint density at radius 1 is 1.36 bits per heavy atom. The first-order valence-electron chi connectivity index (χ1n) is 7.51. The van der Waals surface area contributed by atoms with Gasteiger partial charge in [-0.05, 0) is 26.7 Å². The summed E-state index contributed by atoms with van der Waals surface area (Å²) in [6, 6.07) is -0.575. The summed E-state index contributed by atoms with van der Waals surface area (Å²) in [7, 11) is 0. The second kappa shape index (κ2) is 6.33. The molecular weight excluding hydrogens is 290 g/mol. The number of carbonyl (C=O) groups is 4. The maximum Gasteiger partial charge on any atom is 0.327 e. The summed E-state index contributed by atoms with van der Waals surface area (Å²) in [5, 5.41) is 5.21. The number of nitrogens with one attached hydrogen (secondary N) is 2. The predicted molar refractivity (Wildman–Crippen MR) is 75.7 cm³/mol. The van der Waals surface area contributed by atoms with Crippen molar-refractivity contribution in [3.05, 3.63) is 0 Å².